The van der Waals surface area contributed by atoms with E-state index in [4.69, 9.17) is 0 Å². The predicted octanol–water partition coefficient (Wildman–Crippen LogP) is -2.07. The summed E-state index contributed by atoms with van der Waals surface area (Å²) in [5.41, 5.74) is -1.19. The van der Waals surface area contributed by atoms with E-state index < -0.39 is 118 Å². The van der Waals surface area contributed by atoms with Crippen molar-refractivity contribution >= 4 is 182 Å². The maximum absolute atomic E-state index is 13.8. The number of hydrogen-bond donors (Lipinski definition) is 14. The van der Waals surface area contributed by atoms with Crippen molar-refractivity contribution in [2.45, 2.75) is 43.3 Å². The molecule has 61 heavy (non-hydrogen) atoms. The van der Waals surface area contributed by atoms with Crippen LogP contribution in [-0.2, 0) is 9.59 Å². The summed E-state index contributed by atoms with van der Waals surface area (Å²) in [6.45, 7) is -4.06. The number of hydrogen-bond acceptors (Lipinski definition) is 16. The van der Waals surface area contributed by atoms with E-state index in [2.05, 4.69) is 21.3 Å². The van der Waals surface area contributed by atoms with Crippen LogP contribution in [0, 0.1) is 21.4 Å². The molecule has 14 N–H and O–H groups in total. The van der Waals surface area contributed by atoms with E-state index in [-0.39, 0.29) is 55.0 Å². The molecule has 2 rings (SSSR count). The summed E-state index contributed by atoms with van der Waals surface area (Å²) in [7, 11) is 2.21. The van der Waals surface area contributed by atoms with Gasteiger partial charge in [0.15, 0.2) is 12.5 Å². The largest absolute Gasteiger partial charge is 0.394 e. The minimum absolute atomic E-state index is 0.00336. The second-order valence-corrected chi connectivity index (χ2v) is 19.1. The molecule has 28 heteroatoms. The maximum atomic E-state index is 13.8. The van der Waals surface area contributed by atoms with Gasteiger partial charge in [-0.25, -0.2) is 0 Å². The molecule has 0 saturated heterocycles. The third-order valence-corrected chi connectivity index (χ3v) is 14.8. The lowest BCUT2D eigenvalue weighted by molar-refractivity contribution is -0.123. The van der Waals surface area contributed by atoms with Gasteiger partial charge in [0.05, 0.1) is 86.5 Å². The van der Waals surface area contributed by atoms with Gasteiger partial charge in [-0.15, -0.1) is 0 Å². The first-order valence-corrected chi connectivity index (χ1v) is 23.5. The predicted molar refractivity (Wildman–Crippen MR) is 264 cm³/mol. The van der Waals surface area contributed by atoms with E-state index in [1.165, 1.54) is 0 Å². The van der Waals surface area contributed by atoms with Gasteiger partial charge >= 0.3 is 0 Å². The van der Waals surface area contributed by atoms with Gasteiger partial charge in [0.25, 0.3) is 23.6 Å². The van der Waals surface area contributed by atoms with Crippen molar-refractivity contribution in [1.82, 2.24) is 20.4 Å². The van der Waals surface area contributed by atoms with Crippen molar-refractivity contribution in [2.75, 3.05) is 64.2 Å². The Hall–Kier alpha value is -0.760. The third kappa shape index (κ3) is 14.1. The Morgan fingerprint density at radius 3 is 1.07 bits per heavy atom. The van der Waals surface area contributed by atoms with Gasteiger partial charge in [-0.3, -0.25) is 28.8 Å². The maximum Gasteiger partial charge on any atom is 0.257 e. The van der Waals surface area contributed by atoms with Crippen LogP contribution in [0.5, 0.6) is 0 Å². The number of nitrogens with zero attached hydrogens (tertiary/aromatic N) is 2. The van der Waals surface area contributed by atoms with Gasteiger partial charge in [0, 0.05) is 34.3 Å². The molecule has 2 aromatic rings. The second-order valence-electron chi connectivity index (χ2n) is 12.7. The summed E-state index contributed by atoms with van der Waals surface area (Å²) in [5.74, 6) is -5.68. The zero-order chi connectivity index (χ0) is 46.8. The third-order valence-electron chi connectivity index (χ3n) is 8.28. The molecule has 6 amide bonds. The Morgan fingerprint density at radius 2 is 0.787 bits per heavy atom. The van der Waals surface area contributed by atoms with Crippen LogP contribution in [0.15, 0.2) is 0 Å². The molecule has 0 fully saturated rings. The number of halogens is 6. The second kappa shape index (κ2) is 25.8. The zero-order valence-electron chi connectivity index (χ0n) is 31.5. The quantitative estimate of drug-likeness (QED) is 0.0385. The highest BCUT2D eigenvalue weighted by Gasteiger charge is 2.35. The number of rotatable bonds is 20. The van der Waals surface area contributed by atoms with Gasteiger partial charge in [0.2, 0.25) is 11.8 Å². The number of anilines is 2. The molecule has 0 aliphatic rings. The topological polar surface area (TPSA) is 359 Å². The van der Waals surface area contributed by atoms with Gasteiger partial charge in [-0.2, -0.15) is 0 Å². The summed E-state index contributed by atoms with van der Waals surface area (Å²) in [6, 6.07) is 0. The molecule has 0 bridgehead atoms. The van der Waals surface area contributed by atoms with Gasteiger partial charge in [-0.05, 0) is 136 Å². The van der Waals surface area contributed by atoms with Crippen molar-refractivity contribution in [3.8, 4) is 0 Å². The van der Waals surface area contributed by atoms with E-state index in [0.717, 1.165) is 14.1 Å². The number of nitrogens with one attached hydrogen (secondary N) is 4. The van der Waals surface area contributed by atoms with Crippen molar-refractivity contribution in [3.63, 3.8) is 0 Å². The standard InChI is InChI=1S/C33H40I6N6O16/c1-44(30(58)12(52)8-48)32(60)18-20(34)16(28(56)40-4-10(50)6-46)22(36)26(24(18)38)42-14(54)3-15(55)43-27-23(37)17(29(57)41-5-11(51)7-47)21(35)19(25(27)39)33(61)45(2)31(59)13(53)9-49/h10-13,30-31,46-53,58-59H,3-9H2,1-2H3,(H,40,56)(H,41,57)(H,42,54)(H,43,55). The summed E-state index contributed by atoms with van der Waals surface area (Å²) < 4.78 is 0.136. The Balaban J connectivity index is 2.70. The number of amides is 6. The van der Waals surface area contributed by atoms with Crippen molar-refractivity contribution < 1.29 is 79.8 Å². The molecule has 0 spiro atoms. The van der Waals surface area contributed by atoms with Crippen LogP contribution in [0.2, 0.25) is 0 Å². The first-order valence-electron chi connectivity index (χ1n) is 17.1. The Kier molecular flexibility index (Phi) is 23.8. The number of aliphatic hydroxyl groups is 10. The van der Waals surface area contributed by atoms with Crippen LogP contribution >= 0.6 is 136 Å². The molecule has 0 aliphatic carbocycles. The molecule has 0 radical (unpaired) electrons. The summed E-state index contributed by atoms with van der Waals surface area (Å²) in [5, 5.41) is 108. The normalized spacial score (nSPS) is 14.2. The van der Waals surface area contributed by atoms with Crippen LogP contribution in [0.4, 0.5) is 11.4 Å². The lowest BCUT2D eigenvalue weighted by Gasteiger charge is -2.28. The van der Waals surface area contributed by atoms with Gasteiger partial charge in [-0.1, -0.05) is 0 Å². The van der Waals surface area contributed by atoms with Crippen LogP contribution in [0.3, 0.4) is 0 Å². The van der Waals surface area contributed by atoms with Crippen molar-refractivity contribution in [1.29, 1.82) is 0 Å². The van der Waals surface area contributed by atoms with Crippen LogP contribution in [-0.4, -0.2) is 187 Å². The van der Waals surface area contributed by atoms with Crippen molar-refractivity contribution in [3.05, 3.63) is 43.7 Å². The number of carbonyl (C=O) groups excluding carboxylic acids is 6. The highest BCUT2D eigenvalue weighted by molar-refractivity contribution is 14.1. The Labute approximate surface area is 428 Å². The number of likely N-dealkylation sites (N-methyl/N-ethyl adjacent to an activating group) is 2. The van der Waals surface area contributed by atoms with E-state index in [1.54, 1.807) is 136 Å². The molecular formula is C33H40I6N6O16. The first kappa shape index (κ1) is 56.4. The van der Waals surface area contributed by atoms with E-state index in [1.807, 2.05) is 0 Å². The van der Waals surface area contributed by atoms with E-state index >= 15 is 0 Å². The molecule has 2 aromatic carbocycles. The summed E-state index contributed by atoms with van der Waals surface area (Å²) in [4.78, 5) is 83.1. The minimum atomic E-state index is -1.92. The van der Waals surface area contributed by atoms with E-state index in [0.29, 0.717) is 9.80 Å². The molecular weight excluding hydrogens is 1500 g/mol. The monoisotopic (exact) mass is 1540 g/mol. The van der Waals surface area contributed by atoms with Crippen molar-refractivity contribution in [2.24, 2.45) is 0 Å². The van der Waals surface area contributed by atoms with Crippen LogP contribution < -0.4 is 21.3 Å². The van der Waals surface area contributed by atoms with E-state index in [9.17, 15) is 79.8 Å². The lowest BCUT2D eigenvalue weighted by atomic mass is 10.1. The average Bonchev–Trinajstić information content (AvgIpc) is 3.22. The fraction of sp³-hybridized carbons (Fsp3) is 0.455. The average molecular weight is 1540 g/mol. The molecule has 340 valence electrons. The summed E-state index contributed by atoms with van der Waals surface area (Å²) >= 11 is 10.2. The Bertz CT molecular complexity index is 1860. The lowest BCUT2D eigenvalue weighted by Crippen LogP contribution is -2.46. The SMILES string of the molecule is CN(C(=O)c1c(I)c(NC(=O)CC(=O)Nc2c(I)c(C(=O)NCC(O)CO)c(I)c(C(=O)N(C)C(O)C(O)CO)c2I)c(I)c(C(=O)NCC(O)CO)c1I)C(O)C(O)CO. The molecule has 0 aromatic heterocycles. The molecule has 6 atom stereocenters. The molecule has 0 heterocycles. The first-order chi connectivity index (χ1) is 28.4. The summed E-state index contributed by atoms with van der Waals surface area (Å²) in [6.07, 6.45) is -11.1. The minimum Gasteiger partial charge on any atom is -0.394 e. The van der Waals surface area contributed by atoms with Crippen LogP contribution in [0.25, 0.3) is 0 Å². The zero-order valence-corrected chi connectivity index (χ0v) is 44.4. The molecule has 22 nitrogen and oxygen atoms in total. The number of benzene rings is 2. The Morgan fingerprint density at radius 1 is 0.492 bits per heavy atom. The molecule has 0 aliphatic heterocycles. The fourth-order valence-electron chi connectivity index (χ4n) is 4.86. The van der Waals surface area contributed by atoms with Gasteiger partial charge in [0.1, 0.15) is 18.6 Å². The van der Waals surface area contributed by atoms with Crippen LogP contribution in [0.1, 0.15) is 47.9 Å². The fourth-order valence-corrected chi connectivity index (χ4v) is 13.6. The highest BCUT2D eigenvalue weighted by atomic mass is 127. The molecule has 0 saturated carbocycles. The smallest absolute Gasteiger partial charge is 0.257 e. The number of aliphatic hydroxyl groups excluding tert-OH is 10. The molecule has 6 unspecified atom stereocenters. The highest BCUT2D eigenvalue weighted by Crippen LogP contribution is 2.38. The van der Waals surface area contributed by atoms with Gasteiger partial charge < -0.3 is 82.1 Å². The number of carbonyl (C=O) groups is 6.